The Morgan fingerprint density at radius 2 is 1.80 bits per heavy atom. The van der Waals surface area contributed by atoms with Crippen LogP contribution in [0.15, 0.2) is 54.6 Å². The van der Waals surface area contributed by atoms with Gasteiger partial charge in [-0.2, -0.15) is 5.10 Å². The molecule has 1 N–H and O–H groups in total. The number of amides is 1. The number of ether oxygens (including phenoxy) is 2. The molecule has 1 amide bonds. The molecule has 128 valence electrons. The Bertz CT molecular complexity index is 875. The van der Waals surface area contributed by atoms with Gasteiger partial charge in [-0.1, -0.05) is 18.2 Å². The standard InChI is InChI=1S/C19H19N3O3/c1-22(13-7-5-4-6-8-13)19(23)17-12-16(20-21-17)15-10-9-14(24-2)11-18(15)25-3/h4-12H,1-3H3,(H,20,21). The first-order valence-electron chi connectivity index (χ1n) is 7.75. The zero-order valence-electron chi connectivity index (χ0n) is 14.3. The number of nitrogens with one attached hydrogen (secondary N) is 1. The molecular weight excluding hydrogens is 318 g/mol. The fraction of sp³-hybridized carbons (Fsp3) is 0.158. The van der Waals surface area contributed by atoms with Gasteiger partial charge < -0.3 is 14.4 Å². The Balaban J connectivity index is 1.89. The van der Waals surface area contributed by atoms with Gasteiger partial charge in [-0.25, -0.2) is 0 Å². The molecule has 0 saturated carbocycles. The Kier molecular flexibility index (Phi) is 4.70. The van der Waals surface area contributed by atoms with Gasteiger partial charge in [0.25, 0.3) is 5.91 Å². The highest BCUT2D eigenvalue weighted by molar-refractivity contribution is 6.05. The van der Waals surface area contributed by atoms with E-state index in [0.717, 1.165) is 11.3 Å². The largest absolute Gasteiger partial charge is 0.497 e. The van der Waals surface area contributed by atoms with Crippen molar-refractivity contribution in [2.75, 3.05) is 26.2 Å². The summed E-state index contributed by atoms with van der Waals surface area (Å²) >= 11 is 0. The van der Waals surface area contributed by atoms with E-state index in [1.807, 2.05) is 42.5 Å². The molecule has 1 aromatic heterocycles. The zero-order valence-corrected chi connectivity index (χ0v) is 14.3. The Morgan fingerprint density at radius 1 is 1.04 bits per heavy atom. The summed E-state index contributed by atoms with van der Waals surface area (Å²) in [5, 5.41) is 7.06. The molecular formula is C19H19N3O3. The predicted molar refractivity (Wildman–Crippen MR) is 96.3 cm³/mol. The smallest absolute Gasteiger partial charge is 0.276 e. The van der Waals surface area contributed by atoms with Crippen LogP contribution in [0.2, 0.25) is 0 Å². The number of aromatic nitrogens is 2. The molecule has 1 heterocycles. The van der Waals surface area contributed by atoms with Gasteiger partial charge in [-0.15, -0.1) is 0 Å². The molecule has 0 radical (unpaired) electrons. The quantitative estimate of drug-likeness (QED) is 0.775. The second-order valence-electron chi connectivity index (χ2n) is 5.43. The lowest BCUT2D eigenvalue weighted by Gasteiger charge is -2.15. The number of para-hydroxylation sites is 1. The number of carbonyl (C=O) groups excluding carboxylic acids is 1. The van der Waals surface area contributed by atoms with Crippen LogP contribution >= 0.6 is 0 Å². The number of hydrogen-bond acceptors (Lipinski definition) is 4. The maximum Gasteiger partial charge on any atom is 0.276 e. The van der Waals surface area contributed by atoms with Gasteiger partial charge in [0.2, 0.25) is 0 Å². The molecule has 0 unspecified atom stereocenters. The van der Waals surface area contributed by atoms with Crippen molar-refractivity contribution in [2.45, 2.75) is 0 Å². The van der Waals surface area contributed by atoms with Crippen LogP contribution in [-0.2, 0) is 0 Å². The number of carbonyl (C=O) groups is 1. The lowest BCUT2D eigenvalue weighted by atomic mass is 10.1. The molecule has 6 heteroatoms. The van der Waals surface area contributed by atoms with Crippen molar-refractivity contribution in [3.63, 3.8) is 0 Å². The summed E-state index contributed by atoms with van der Waals surface area (Å²) in [7, 11) is 4.91. The number of anilines is 1. The van der Waals surface area contributed by atoms with Crippen molar-refractivity contribution in [3.05, 3.63) is 60.3 Å². The fourth-order valence-corrected chi connectivity index (χ4v) is 2.53. The number of H-pyrrole nitrogens is 1. The van der Waals surface area contributed by atoms with E-state index in [1.165, 1.54) is 0 Å². The Morgan fingerprint density at radius 3 is 2.48 bits per heavy atom. The van der Waals surface area contributed by atoms with E-state index in [0.29, 0.717) is 22.9 Å². The van der Waals surface area contributed by atoms with Crippen molar-refractivity contribution in [1.82, 2.24) is 10.2 Å². The molecule has 0 fully saturated rings. The van der Waals surface area contributed by atoms with E-state index in [2.05, 4.69) is 10.2 Å². The first kappa shape index (κ1) is 16.6. The highest BCUT2D eigenvalue weighted by Crippen LogP contribution is 2.32. The molecule has 6 nitrogen and oxygen atoms in total. The first-order valence-corrected chi connectivity index (χ1v) is 7.75. The van der Waals surface area contributed by atoms with E-state index >= 15 is 0 Å². The predicted octanol–water partition coefficient (Wildman–Crippen LogP) is 3.37. The average molecular weight is 337 g/mol. The van der Waals surface area contributed by atoms with Crippen molar-refractivity contribution in [1.29, 1.82) is 0 Å². The van der Waals surface area contributed by atoms with Crippen LogP contribution < -0.4 is 14.4 Å². The van der Waals surface area contributed by atoms with Gasteiger partial charge in [0.1, 0.15) is 17.2 Å². The number of benzene rings is 2. The van der Waals surface area contributed by atoms with Gasteiger partial charge in [-0.3, -0.25) is 9.89 Å². The number of rotatable bonds is 5. The number of methoxy groups -OCH3 is 2. The lowest BCUT2D eigenvalue weighted by Crippen LogP contribution is -2.26. The molecule has 25 heavy (non-hydrogen) atoms. The third-order valence-corrected chi connectivity index (χ3v) is 3.94. The molecule has 0 aliphatic rings. The molecule has 3 aromatic rings. The van der Waals surface area contributed by atoms with Gasteiger partial charge in [-0.05, 0) is 30.3 Å². The van der Waals surface area contributed by atoms with Crippen molar-refractivity contribution >= 4 is 11.6 Å². The summed E-state index contributed by atoms with van der Waals surface area (Å²) < 4.78 is 10.6. The third kappa shape index (κ3) is 3.33. The minimum atomic E-state index is -0.169. The van der Waals surface area contributed by atoms with Crippen LogP contribution in [0.25, 0.3) is 11.3 Å². The molecule has 2 aromatic carbocycles. The summed E-state index contributed by atoms with van der Waals surface area (Å²) in [4.78, 5) is 14.2. The van der Waals surface area contributed by atoms with Gasteiger partial charge in [0, 0.05) is 24.4 Å². The highest BCUT2D eigenvalue weighted by Gasteiger charge is 2.18. The van der Waals surface area contributed by atoms with Crippen LogP contribution in [0.3, 0.4) is 0 Å². The number of aromatic amines is 1. The molecule has 3 rings (SSSR count). The van der Waals surface area contributed by atoms with E-state index < -0.39 is 0 Å². The van der Waals surface area contributed by atoms with Crippen molar-refractivity contribution < 1.29 is 14.3 Å². The van der Waals surface area contributed by atoms with Crippen LogP contribution in [0, 0.1) is 0 Å². The first-order chi connectivity index (χ1) is 12.1. The maximum atomic E-state index is 12.6. The van der Waals surface area contributed by atoms with Gasteiger partial charge in [0.15, 0.2) is 0 Å². The fourth-order valence-electron chi connectivity index (χ4n) is 2.53. The van der Waals surface area contributed by atoms with E-state index in [4.69, 9.17) is 9.47 Å². The van der Waals surface area contributed by atoms with Crippen molar-refractivity contribution in [2.24, 2.45) is 0 Å². The van der Waals surface area contributed by atoms with Crippen LogP contribution in [0.5, 0.6) is 11.5 Å². The minimum Gasteiger partial charge on any atom is -0.497 e. The topological polar surface area (TPSA) is 67.5 Å². The highest BCUT2D eigenvalue weighted by atomic mass is 16.5. The number of nitrogens with zero attached hydrogens (tertiary/aromatic N) is 2. The second-order valence-corrected chi connectivity index (χ2v) is 5.43. The minimum absolute atomic E-state index is 0.169. The zero-order chi connectivity index (χ0) is 17.8. The summed E-state index contributed by atoms with van der Waals surface area (Å²) in [5.74, 6) is 1.15. The van der Waals surface area contributed by atoms with Gasteiger partial charge >= 0.3 is 0 Å². The maximum absolute atomic E-state index is 12.6. The van der Waals surface area contributed by atoms with Gasteiger partial charge in [0.05, 0.1) is 19.9 Å². The van der Waals surface area contributed by atoms with E-state index in [-0.39, 0.29) is 5.91 Å². The lowest BCUT2D eigenvalue weighted by molar-refractivity contribution is 0.0988. The SMILES string of the molecule is COc1ccc(-c2cc(C(=O)N(C)c3ccccc3)[nH]n2)c(OC)c1. The summed E-state index contributed by atoms with van der Waals surface area (Å²) in [6.07, 6.45) is 0. The molecule has 0 atom stereocenters. The molecule has 0 bridgehead atoms. The van der Waals surface area contributed by atoms with Crippen LogP contribution in [0.4, 0.5) is 5.69 Å². The van der Waals surface area contributed by atoms with Crippen LogP contribution in [0.1, 0.15) is 10.5 Å². The normalized spacial score (nSPS) is 10.4. The summed E-state index contributed by atoms with van der Waals surface area (Å²) in [6, 6.07) is 16.6. The number of hydrogen-bond donors (Lipinski definition) is 1. The van der Waals surface area contributed by atoms with E-state index in [9.17, 15) is 4.79 Å². The molecule has 0 spiro atoms. The second kappa shape index (κ2) is 7.09. The summed E-state index contributed by atoms with van der Waals surface area (Å²) in [6.45, 7) is 0. The average Bonchev–Trinajstić information content (AvgIpc) is 3.16. The molecule has 0 aliphatic heterocycles. The van der Waals surface area contributed by atoms with Crippen molar-refractivity contribution in [3.8, 4) is 22.8 Å². The van der Waals surface area contributed by atoms with Crippen LogP contribution in [-0.4, -0.2) is 37.4 Å². The Hall–Kier alpha value is -3.28. The summed E-state index contributed by atoms with van der Waals surface area (Å²) in [5.41, 5.74) is 2.62. The van der Waals surface area contributed by atoms with E-state index in [1.54, 1.807) is 38.3 Å². The molecule has 0 saturated heterocycles. The molecule has 0 aliphatic carbocycles. The third-order valence-electron chi connectivity index (χ3n) is 3.94. The monoisotopic (exact) mass is 337 g/mol. The Labute approximate surface area is 146 Å².